The molecular formula is C17H27ClN2. The normalized spacial score (nSPS) is 20.2. The van der Waals surface area contributed by atoms with Crippen molar-refractivity contribution < 1.29 is 0 Å². The maximum atomic E-state index is 6.30. The van der Waals surface area contributed by atoms with Gasteiger partial charge in [-0.25, -0.2) is 0 Å². The van der Waals surface area contributed by atoms with Crippen molar-refractivity contribution >= 4 is 11.6 Å². The van der Waals surface area contributed by atoms with Gasteiger partial charge in [0.25, 0.3) is 0 Å². The van der Waals surface area contributed by atoms with E-state index in [1.807, 2.05) is 24.3 Å². The number of likely N-dealkylation sites (tertiary alicyclic amines) is 1. The van der Waals surface area contributed by atoms with Crippen molar-refractivity contribution in [2.75, 3.05) is 19.6 Å². The zero-order valence-electron chi connectivity index (χ0n) is 12.7. The Morgan fingerprint density at radius 2 is 2.00 bits per heavy atom. The topological polar surface area (TPSA) is 29.3 Å². The van der Waals surface area contributed by atoms with E-state index in [4.69, 9.17) is 17.3 Å². The summed E-state index contributed by atoms with van der Waals surface area (Å²) in [5, 5.41) is 0.790. The summed E-state index contributed by atoms with van der Waals surface area (Å²) in [6, 6.07) is 7.97. The third kappa shape index (κ3) is 3.55. The van der Waals surface area contributed by atoms with E-state index in [1.165, 1.54) is 32.4 Å². The average molecular weight is 295 g/mol. The van der Waals surface area contributed by atoms with Crippen molar-refractivity contribution in [3.63, 3.8) is 0 Å². The highest BCUT2D eigenvalue weighted by Crippen LogP contribution is 2.37. The molecule has 0 bridgehead atoms. The Balaban J connectivity index is 1.86. The maximum absolute atomic E-state index is 6.30. The van der Waals surface area contributed by atoms with Gasteiger partial charge in [0.05, 0.1) is 0 Å². The molecule has 0 aromatic heterocycles. The summed E-state index contributed by atoms with van der Waals surface area (Å²) in [5.74, 6) is 0. The van der Waals surface area contributed by atoms with Crippen LogP contribution in [0.25, 0.3) is 0 Å². The number of benzene rings is 1. The first-order valence-electron chi connectivity index (χ1n) is 7.82. The van der Waals surface area contributed by atoms with E-state index in [2.05, 4.69) is 18.7 Å². The average Bonchev–Trinajstić information content (AvgIpc) is 2.89. The molecule has 0 spiro atoms. The van der Waals surface area contributed by atoms with Crippen molar-refractivity contribution in [2.45, 2.75) is 45.6 Å². The van der Waals surface area contributed by atoms with E-state index >= 15 is 0 Å². The molecule has 0 radical (unpaired) electrons. The lowest BCUT2D eigenvalue weighted by Gasteiger charge is -2.27. The van der Waals surface area contributed by atoms with Gasteiger partial charge in [0, 0.05) is 17.6 Å². The van der Waals surface area contributed by atoms with Gasteiger partial charge in [0.1, 0.15) is 0 Å². The summed E-state index contributed by atoms with van der Waals surface area (Å²) in [4.78, 5) is 2.57. The lowest BCUT2D eigenvalue weighted by molar-refractivity contribution is 0.236. The largest absolute Gasteiger partial charge is 0.324 e. The number of rotatable bonds is 6. The molecule has 0 amide bonds. The monoisotopic (exact) mass is 294 g/mol. The number of halogens is 1. The first-order valence-corrected chi connectivity index (χ1v) is 8.20. The highest BCUT2D eigenvalue weighted by molar-refractivity contribution is 6.31. The van der Waals surface area contributed by atoms with Gasteiger partial charge in [-0.2, -0.15) is 0 Å². The Morgan fingerprint density at radius 3 is 2.60 bits per heavy atom. The molecule has 2 nitrogen and oxygen atoms in total. The minimum absolute atomic E-state index is 0.0435. The summed E-state index contributed by atoms with van der Waals surface area (Å²) in [7, 11) is 0. The molecule has 2 N–H and O–H groups in total. The van der Waals surface area contributed by atoms with Crippen LogP contribution in [0.3, 0.4) is 0 Å². The molecule has 2 rings (SSSR count). The highest BCUT2D eigenvalue weighted by atomic mass is 35.5. The number of nitrogens with two attached hydrogens (primary N) is 1. The quantitative estimate of drug-likeness (QED) is 0.850. The maximum Gasteiger partial charge on any atom is 0.0453 e. The van der Waals surface area contributed by atoms with Gasteiger partial charge in [0.2, 0.25) is 0 Å². The van der Waals surface area contributed by atoms with Crippen LogP contribution in [0.4, 0.5) is 0 Å². The molecule has 20 heavy (non-hydrogen) atoms. The summed E-state index contributed by atoms with van der Waals surface area (Å²) >= 11 is 6.21. The number of hydrogen-bond acceptors (Lipinski definition) is 2. The molecular weight excluding hydrogens is 268 g/mol. The van der Waals surface area contributed by atoms with Gasteiger partial charge in [-0.15, -0.1) is 0 Å². The van der Waals surface area contributed by atoms with Gasteiger partial charge < -0.3 is 10.6 Å². The second-order valence-corrected chi connectivity index (χ2v) is 6.56. The van der Waals surface area contributed by atoms with Crippen LogP contribution >= 0.6 is 11.6 Å². The molecule has 0 saturated carbocycles. The second kappa shape index (κ2) is 6.93. The third-order valence-corrected chi connectivity index (χ3v) is 5.42. The Kier molecular flexibility index (Phi) is 5.48. The molecule has 0 aliphatic carbocycles. The van der Waals surface area contributed by atoms with Crippen LogP contribution < -0.4 is 5.73 Å². The van der Waals surface area contributed by atoms with Crippen LogP contribution in [0.2, 0.25) is 5.02 Å². The van der Waals surface area contributed by atoms with Crippen LogP contribution in [0.5, 0.6) is 0 Å². The fraction of sp³-hybridized carbons (Fsp3) is 0.647. The zero-order chi connectivity index (χ0) is 14.6. The zero-order valence-corrected chi connectivity index (χ0v) is 13.5. The first-order chi connectivity index (χ1) is 9.60. The second-order valence-electron chi connectivity index (χ2n) is 6.15. The van der Waals surface area contributed by atoms with Crippen molar-refractivity contribution in [1.29, 1.82) is 0 Å². The molecule has 1 aromatic carbocycles. The lowest BCUT2D eigenvalue weighted by Crippen LogP contribution is -2.29. The van der Waals surface area contributed by atoms with Gasteiger partial charge >= 0.3 is 0 Å². The Bertz CT molecular complexity index is 429. The van der Waals surface area contributed by atoms with E-state index in [1.54, 1.807) is 0 Å². The lowest BCUT2D eigenvalue weighted by atomic mass is 9.82. The highest BCUT2D eigenvalue weighted by Gasteiger charge is 2.34. The summed E-state index contributed by atoms with van der Waals surface area (Å²) in [5.41, 5.74) is 7.92. The van der Waals surface area contributed by atoms with Crippen molar-refractivity contribution in [2.24, 2.45) is 11.1 Å². The number of hydrogen-bond donors (Lipinski definition) is 1. The van der Waals surface area contributed by atoms with Crippen LogP contribution in [0, 0.1) is 5.41 Å². The van der Waals surface area contributed by atoms with Gasteiger partial charge in [0.15, 0.2) is 0 Å². The van der Waals surface area contributed by atoms with Gasteiger partial charge in [-0.3, -0.25) is 0 Å². The molecule has 112 valence electrons. The Hall–Kier alpha value is -0.570. The summed E-state index contributed by atoms with van der Waals surface area (Å²) < 4.78 is 0. The van der Waals surface area contributed by atoms with Crippen LogP contribution in [-0.4, -0.2) is 24.5 Å². The standard InChI is InChI=1S/C17H27ClN2/c1-3-17(4-2)10-12-20(13-17)11-9-16(19)14-7-5-6-8-15(14)18/h5-8,16H,3-4,9-13,19H2,1-2H3. The third-order valence-electron chi connectivity index (χ3n) is 5.08. The summed E-state index contributed by atoms with van der Waals surface area (Å²) in [6.07, 6.45) is 4.89. The predicted molar refractivity (Wildman–Crippen MR) is 87.1 cm³/mol. The van der Waals surface area contributed by atoms with E-state index < -0.39 is 0 Å². The molecule has 1 heterocycles. The van der Waals surface area contributed by atoms with Crippen molar-refractivity contribution in [1.82, 2.24) is 4.90 Å². The minimum Gasteiger partial charge on any atom is -0.324 e. The van der Waals surface area contributed by atoms with Gasteiger partial charge in [-0.05, 0) is 55.8 Å². The molecule has 1 saturated heterocycles. The summed E-state index contributed by atoms with van der Waals surface area (Å²) in [6.45, 7) is 8.17. The van der Waals surface area contributed by atoms with Gasteiger partial charge in [-0.1, -0.05) is 43.6 Å². The van der Waals surface area contributed by atoms with Crippen LogP contribution in [0.15, 0.2) is 24.3 Å². The fourth-order valence-corrected chi connectivity index (χ4v) is 3.57. The molecule has 1 unspecified atom stereocenters. The molecule has 1 aromatic rings. The predicted octanol–water partition coefficient (Wildman–Crippen LogP) is 4.24. The van der Waals surface area contributed by atoms with E-state index in [0.717, 1.165) is 23.6 Å². The van der Waals surface area contributed by atoms with E-state index in [9.17, 15) is 0 Å². The number of nitrogens with zero attached hydrogens (tertiary/aromatic N) is 1. The molecule has 1 atom stereocenters. The smallest absolute Gasteiger partial charge is 0.0453 e. The van der Waals surface area contributed by atoms with Crippen molar-refractivity contribution in [3.05, 3.63) is 34.9 Å². The Labute approximate surface area is 128 Å². The van der Waals surface area contributed by atoms with Crippen LogP contribution in [0.1, 0.15) is 51.1 Å². The van der Waals surface area contributed by atoms with E-state index in [0.29, 0.717) is 5.41 Å². The molecule has 1 aliphatic heterocycles. The van der Waals surface area contributed by atoms with Crippen molar-refractivity contribution in [3.8, 4) is 0 Å². The molecule has 1 aliphatic rings. The van der Waals surface area contributed by atoms with E-state index in [-0.39, 0.29) is 6.04 Å². The minimum atomic E-state index is 0.0435. The first kappa shape index (κ1) is 15.8. The Morgan fingerprint density at radius 1 is 1.30 bits per heavy atom. The molecule has 1 fully saturated rings. The van der Waals surface area contributed by atoms with Crippen LogP contribution in [-0.2, 0) is 0 Å². The SMILES string of the molecule is CCC1(CC)CCN(CCC(N)c2ccccc2Cl)C1. The molecule has 3 heteroatoms. The fourth-order valence-electron chi connectivity index (χ4n) is 3.30.